The van der Waals surface area contributed by atoms with Gasteiger partial charge in [0.25, 0.3) is 0 Å². The zero-order valence-corrected chi connectivity index (χ0v) is 62.0. The molecule has 0 rings (SSSR count). The van der Waals surface area contributed by atoms with E-state index in [1.54, 1.807) is 0 Å². The van der Waals surface area contributed by atoms with E-state index < -0.39 is 97.5 Å². The smallest absolute Gasteiger partial charge is 0.462 e. The minimum atomic E-state index is -4.96. The summed E-state index contributed by atoms with van der Waals surface area (Å²) in [5.41, 5.74) is 0. The monoisotopic (exact) mass is 1360 g/mol. The summed E-state index contributed by atoms with van der Waals surface area (Å²) < 4.78 is 68.4. The van der Waals surface area contributed by atoms with E-state index in [1.165, 1.54) is 141 Å². The predicted molar refractivity (Wildman–Crippen MR) is 377 cm³/mol. The Hall–Kier alpha value is -2.46. The van der Waals surface area contributed by atoms with Crippen molar-refractivity contribution >= 4 is 39.5 Å². The van der Waals surface area contributed by atoms with Gasteiger partial charge in [-0.3, -0.25) is 37.3 Å². The number of rotatable bonds is 70. The van der Waals surface area contributed by atoms with Crippen LogP contribution < -0.4 is 0 Å². The van der Waals surface area contributed by atoms with Gasteiger partial charge in [-0.25, -0.2) is 9.13 Å². The van der Waals surface area contributed by atoms with Gasteiger partial charge in [0, 0.05) is 25.7 Å². The lowest BCUT2D eigenvalue weighted by Gasteiger charge is -2.21. The fourth-order valence-corrected chi connectivity index (χ4v) is 12.3. The van der Waals surface area contributed by atoms with E-state index in [4.69, 9.17) is 37.0 Å². The van der Waals surface area contributed by atoms with Crippen molar-refractivity contribution in [3.63, 3.8) is 0 Å². The molecule has 6 atom stereocenters. The van der Waals surface area contributed by atoms with Crippen LogP contribution in [-0.2, 0) is 65.4 Å². The SMILES string of the molecule is CCCCCC/C=C\C=C/CCCCCCCC(=O)O[C@H](COC(=O)CCCCCCCCCCCCCCC(C)C)COP(=O)(O)OC[C@@H](O)COP(=O)(O)OC[C@@H](COC(=O)CCCCCCCCC(C)C)OC(=O)CCCCCCCCCCCCC(C)CC. The second kappa shape index (κ2) is 64.2. The molecule has 0 spiro atoms. The Kier molecular flexibility index (Phi) is 62.5. The third-order valence-electron chi connectivity index (χ3n) is 16.9. The molecule has 0 aliphatic heterocycles. The molecule has 0 heterocycles. The molecule has 0 bridgehead atoms. The molecule has 0 aromatic carbocycles. The van der Waals surface area contributed by atoms with Gasteiger partial charge in [0.15, 0.2) is 12.2 Å². The summed E-state index contributed by atoms with van der Waals surface area (Å²) in [6.45, 7) is 11.8. The molecule has 0 amide bonds. The first kappa shape index (κ1) is 90.5. The van der Waals surface area contributed by atoms with Gasteiger partial charge < -0.3 is 33.8 Å². The van der Waals surface area contributed by atoms with Crippen molar-refractivity contribution in [3.05, 3.63) is 24.3 Å². The van der Waals surface area contributed by atoms with Crippen LogP contribution in [0.2, 0.25) is 0 Å². The van der Waals surface area contributed by atoms with E-state index in [2.05, 4.69) is 72.8 Å². The van der Waals surface area contributed by atoms with Gasteiger partial charge in [0.05, 0.1) is 26.4 Å². The predicted octanol–water partition coefficient (Wildman–Crippen LogP) is 21.0. The number of carbonyl (C=O) groups is 4. The molecule has 3 unspecified atom stereocenters. The number of unbranched alkanes of at least 4 members (excludes halogenated alkanes) is 34. The highest BCUT2D eigenvalue weighted by molar-refractivity contribution is 7.47. The van der Waals surface area contributed by atoms with Crippen LogP contribution in [0.3, 0.4) is 0 Å². The van der Waals surface area contributed by atoms with Crippen LogP contribution in [0.25, 0.3) is 0 Å². The summed E-state index contributed by atoms with van der Waals surface area (Å²) in [5.74, 6) is 0.105. The molecular formula is C74H140O17P2. The normalized spacial score (nSPS) is 14.6. The largest absolute Gasteiger partial charge is 0.472 e. The first-order valence-electron chi connectivity index (χ1n) is 37.7. The highest BCUT2D eigenvalue weighted by Crippen LogP contribution is 2.45. The molecule has 0 radical (unpaired) electrons. The quantitative estimate of drug-likeness (QED) is 0.0169. The third-order valence-corrected chi connectivity index (χ3v) is 18.8. The Labute approximate surface area is 567 Å². The third kappa shape index (κ3) is 66.6. The van der Waals surface area contributed by atoms with Crippen molar-refractivity contribution in [2.24, 2.45) is 17.8 Å². The molecule has 0 aromatic rings. The number of aliphatic hydroxyl groups excluding tert-OH is 1. The lowest BCUT2D eigenvalue weighted by atomic mass is 9.99. The van der Waals surface area contributed by atoms with E-state index in [0.717, 1.165) is 121 Å². The number of allylic oxidation sites excluding steroid dienone is 4. The summed E-state index contributed by atoms with van der Waals surface area (Å²) in [6.07, 6.45) is 52.2. The maximum absolute atomic E-state index is 13.1. The van der Waals surface area contributed by atoms with Crippen molar-refractivity contribution in [2.45, 2.75) is 369 Å². The standard InChI is InChI=1S/C74H140O17P2/c1-8-10-11-12-13-14-15-16-17-18-23-29-34-43-50-57-73(78)90-69(61-84-71(76)55-48-41-33-28-22-20-19-21-26-31-38-45-52-65(3)4)63-88-92(80,81)86-59-68(75)60-87-93(82,83)89-64-70(62-85-72(77)56-49-42-37-36-39-46-53-66(5)6)91-74(79)58-51-44-35-30-25-24-27-32-40-47-54-67(7)9-2/h14-17,65-70,75H,8-13,18-64H2,1-7H3,(H,80,81)(H,82,83)/b15-14-,17-16-/t67?,68-,69-,70-/m1/s1. The number of phosphoric ester groups is 2. The van der Waals surface area contributed by atoms with Crippen LogP contribution in [0.5, 0.6) is 0 Å². The fourth-order valence-electron chi connectivity index (χ4n) is 10.7. The van der Waals surface area contributed by atoms with Gasteiger partial charge in [-0.15, -0.1) is 0 Å². The summed E-state index contributed by atoms with van der Waals surface area (Å²) in [6, 6.07) is 0. The van der Waals surface area contributed by atoms with Crippen LogP contribution in [-0.4, -0.2) is 96.7 Å². The Balaban J connectivity index is 5.29. The van der Waals surface area contributed by atoms with Crippen LogP contribution in [0.15, 0.2) is 24.3 Å². The second-order valence-electron chi connectivity index (χ2n) is 27.2. The highest BCUT2D eigenvalue weighted by atomic mass is 31.2. The summed E-state index contributed by atoms with van der Waals surface area (Å²) in [4.78, 5) is 72.7. The van der Waals surface area contributed by atoms with Crippen molar-refractivity contribution in [1.29, 1.82) is 0 Å². The molecule has 0 fully saturated rings. The number of esters is 4. The van der Waals surface area contributed by atoms with Crippen LogP contribution >= 0.6 is 15.6 Å². The van der Waals surface area contributed by atoms with Gasteiger partial charge >= 0.3 is 39.5 Å². The average Bonchev–Trinajstić information content (AvgIpc) is 3.26. The fraction of sp³-hybridized carbons (Fsp3) is 0.892. The van der Waals surface area contributed by atoms with E-state index in [1.807, 2.05) is 0 Å². The Morgan fingerprint density at radius 2 is 0.634 bits per heavy atom. The molecular weight excluding hydrogens is 1220 g/mol. The first-order chi connectivity index (χ1) is 44.8. The average molecular weight is 1360 g/mol. The van der Waals surface area contributed by atoms with Crippen LogP contribution in [0, 0.1) is 17.8 Å². The van der Waals surface area contributed by atoms with E-state index in [-0.39, 0.29) is 25.7 Å². The second-order valence-corrected chi connectivity index (χ2v) is 30.1. The molecule has 548 valence electrons. The highest BCUT2D eigenvalue weighted by Gasteiger charge is 2.30. The topological polar surface area (TPSA) is 237 Å². The van der Waals surface area contributed by atoms with Gasteiger partial charge in [0.2, 0.25) is 0 Å². The van der Waals surface area contributed by atoms with Crippen LogP contribution in [0.1, 0.15) is 350 Å². The molecule has 3 N–H and O–H groups in total. The van der Waals surface area contributed by atoms with Gasteiger partial charge in [-0.2, -0.15) is 0 Å². The number of hydrogen-bond acceptors (Lipinski definition) is 15. The summed E-state index contributed by atoms with van der Waals surface area (Å²) in [5, 5.41) is 10.6. The van der Waals surface area contributed by atoms with Crippen molar-refractivity contribution in [1.82, 2.24) is 0 Å². The minimum absolute atomic E-state index is 0.0846. The van der Waals surface area contributed by atoms with Gasteiger partial charge in [-0.1, -0.05) is 297 Å². The number of ether oxygens (including phenoxy) is 4. The molecule has 0 saturated carbocycles. The zero-order chi connectivity index (χ0) is 68.7. The molecule has 0 aliphatic carbocycles. The minimum Gasteiger partial charge on any atom is -0.462 e. The Morgan fingerprint density at radius 3 is 0.957 bits per heavy atom. The number of hydrogen-bond donors (Lipinski definition) is 3. The zero-order valence-electron chi connectivity index (χ0n) is 60.2. The number of aliphatic hydroxyl groups is 1. The number of phosphoric acid groups is 2. The van der Waals surface area contributed by atoms with E-state index in [9.17, 15) is 43.2 Å². The summed E-state index contributed by atoms with van der Waals surface area (Å²) >= 11 is 0. The van der Waals surface area contributed by atoms with E-state index in [0.29, 0.717) is 31.6 Å². The maximum Gasteiger partial charge on any atom is 0.472 e. The Morgan fingerprint density at radius 1 is 0.355 bits per heavy atom. The molecule has 93 heavy (non-hydrogen) atoms. The molecule has 0 saturated heterocycles. The lowest BCUT2D eigenvalue weighted by molar-refractivity contribution is -0.161. The lowest BCUT2D eigenvalue weighted by Crippen LogP contribution is -2.30. The summed E-state index contributed by atoms with van der Waals surface area (Å²) in [7, 11) is -9.92. The van der Waals surface area contributed by atoms with Gasteiger partial charge in [0.1, 0.15) is 19.3 Å². The van der Waals surface area contributed by atoms with Crippen molar-refractivity contribution in [2.75, 3.05) is 39.6 Å². The molecule has 0 aromatic heterocycles. The van der Waals surface area contributed by atoms with E-state index >= 15 is 0 Å². The van der Waals surface area contributed by atoms with Gasteiger partial charge in [-0.05, 0) is 69.1 Å². The molecule has 0 aliphatic rings. The maximum atomic E-state index is 13.1. The van der Waals surface area contributed by atoms with Crippen LogP contribution in [0.4, 0.5) is 0 Å². The van der Waals surface area contributed by atoms with Crippen molar-refractivity contribution in [3.8, 4) is 0 Å². The molecule has 17 nitrogen and oxygen atoms in total. The Bertz CT molecular complexity index is 1910. The van der Waals surface area contributed by atoms with Crippen molar-refractivity contribution < 1.29 is 80.2 Å². The molecule has 19 heteroatoms. The first-order valence-corrected chi connectivity index (χ1v) is 40.7. The number of carbonyl (C=O) groups excluding carboxylic acids is 4.